The number of fused-ring (bicyclic) bond motifs is 4. The Morgan fingerprint density at radius 1 is 1.15 bits per heavy atom. The topological polar surface area (TPSA) is 132 Å². The minimum absolute atomic E-state index is 0.0484. The summed E-state index contributed by atoms with van der Waals surface area (Å²) in [6, 6.07) is 14.8. The maximum Gasteiger partial charge on any atom is 0.291 e. The standard InChI is InChI=1S/C18H14N2O2.HNO3/c19-8-7-11-5-6-16-14(9-11)20-18-13-4-2-1-3-12(13)15(21)10-17(18)22-16;2-1(3)4/h1-6,9-10H,7-8,19H2;(H,2,3,4). The number of hydrogen-bond donors (Lipinski definition) is 2. The maximum atomic E-state index is 12.2. The second kappa shape index (κ2) is 7.16. The molecule has 0 saturated heterocycles. The molecule has 0 radical (unpaired) electrons. The van der Waals surface area contributed by atoms with E-state index in [1.165, 1.54) is 6.07 Å². The number of nitrogens with two attached hydrogens (primary N) is 1. The molecule has 26 heavy (non-hydrogen) atoms. The van der Waals surface area contributed by atoms with Gasteiger partial charge in [0.2, 0.25) is 0 Å². The summed E-state index contributed by atoms with van der Waals surface area (Å²) in [6.45, 7) is 0.596. The monoisotopic (exact) mass is 353 g/mol. The van der Waals surface area contributed by atoms with Crippen LogP contribution in [0, 0.1) is 10.1 Å². The van der Waals surface area contributed by atoms with Gasteiger partial charge in [0.15, 0.2) is 16.8 Å². The largest absolute Gasteiger partial charge is 0.453 e. The van der Waals surface area contributed by atoms with Gasteiger partial charge >= 0.3 is 0 Å². The fourth-order valence-electron chi connectivity index (χ4n) is 2.79. The Morgan fingerprint density at radius 2 is 1.85 bits per heavy atom. The summed E-state index contributed by atoms with van der Waals surface area (Å²) in [5.41, 5.74) is 8.85. The van der Waals surface area contributed by atoms with Crippen molar-refractivity contribution in [3.05, 3.63) is 74.4 Å². The highest BCUT2D eigenvalue weighted by Crippen LogP contribution is 2.30. The van der Waals surface area contributed by atoms with E-state index in [9.17, 15) is 4.79 Å². The van der Waals surface area contributed by atoms with Gasteiger partial charge in [0.05, 0.1) is 0 Å². The summed E-state index contributed by atoms with van der Waals surface area (Å²) in [6.07, 6.45) is 0.801. The van der Waals surface area contributed by atoms with Gasteiger partial charge in [-0.25, -0.2) is 4.98 Å². The first-order valence-electron chi connectivity index (χ1n) is 7.78. The SMILES string of the molecule is NCCc1ccc2oc3cc(=O)c4ccccc4c-3nc2c1.O=[N+]([O-])O. The van der Waals surface area contributed by atoms with E-state index >= 15 is 0 Å². The third kappa shape index (κ3) is 3.45. The lowest BCUT2D eigenvalue weighted by Gasteiger charge is -2.09. The molecule has 0 fully saturated rings. The van der Waals surface area contributed by atoms with Crippen LogP contribution in [0.25, 0.3) is 33.3 Å². The maximum absolute atomic E-state index is 12.2. The Labute approximate surface area is 146 Å². The van der Waals surface area contributed by atoms with Gasteiger partial charge in [0.1, 0.15) is 11.2 Å². The molecule has 0 aromatic heterocycles. The number of nitrogens with zero attached hydrogens (tertiary/aromatic N) is 2. The second-order valence-corrected chi connectivity index (χ2v) is 5.56. The Balaban J connectivity index is 0.000000447. The Morgan fingerprint density at radius 3 is 2.54 bits per heavy atom. The third-order valence-corrected chi connectivity index (χ3v) is 3.85. The lowest BCUT2D eigenvalue weighted by molar-refractivity contribution is -0.742. The van der Waals surface area contributed by atoms with E-state index in [4.69, 9.17) is 30.5 Å². The third-order valence-electron chi connectivity index (χ3n) is 3.85. The van der Waals surface area contributed by atoms with E-state index < -0.39 is 5.09 Å². The van der Waals surface area contributed by atoms with Crippen LogP contribution in [-0.4, -0.2) is 21.8 Å². The molecule has 8 nitrogen and oxygen atoms in total. The molecule has 132 valence electrons. The fraction of sp³-hybridized carbons (Fsp3) is 0.111. The second-order valence-electron chi connectivity index (χ2n) is 5.56. The summed E-state index contributed by atoms with van der Waals surface area (Å²) in [5, 5.41) is 15.1. The van der Waals surface area contributed by atoms with Crippen molar-refractivity contribution in [3.8, 4) is 11.5 Å². The first-order valence-corrected chi connectivity index (χ1v) is 7.78. The van der Waals surface area contributed by atoms with E-state index in [1.54, 1.807) is 0 Å². The van der Waals surface area contributed by atoms with Crippen molar-refractivity contribution >= 4 is 21.9 Å². The van der Waals surface area contributed by atoms with Crippen molar-refractivity contribution in [3.63, 3.8) is 0 Å². The van der Waals surface area contributed by atoms with Crippen molar-refractivity contribution in [2.24, 2.45) is 5.73 Å². The van der Waals surface area contributed by atoms with Crippen LogP contribution in [0.2, 0.25) is 0 Å². The Hall–Kier alpha value is -3.52. The fourth-order valence-corrected chi connectivity index (χ4v) is 2.79. The van der Waals surface area contributed by atoms with E-state index in [0.717, 1.165) is 22.9 Å². The number of rotatable bonds is 2. The number of hydrogen-bond acceptors (Lipinski definition) is 6. The molecule has 4 rings (SSSR count). The van der Waals surface area contributed by atoms with Gasteiger partial charge in [0.25, 0.3) is 5.09 Å². The van der Waals surface area contributed by atoms with Crippen LogP contribution in [0.15, 0.2) is 57.7 Å². The predicted octanol–water partition coefficient (Wildman–Crippen LogP) is 2.60. The van der Waals surface area contributed by atoms with Crippen molar-refractivity contribution in [1.82, 2.24) is 4.98 Å². The first-order chi connectivity index (χ1) is 12.5. The van der Waals surface area contributed by atoms with Crippen LogP contribution in [0.1, 0.15) is 5.56 Å². The summed E-state index contributed by atoms with van der Waals surface area (Å²) in [4.78, 5) is 25.2. The summed E-state index contributed by atoms with van der Waals surface area (Å²) >= 11 is 0. The van der Waals surface area contributed by atoms with Gasteiger partial charge in [-0.1, -0.05) is 30.3 Å². The average Bonchev–Trinajstić information content (AvgIpc) is 2.61. The highest BCUT2D eigenvalue weighted by atomic mass is 16.9. The summed E-state index contributed by atoms with van der Waals surface area (Å²) in [5.74, 6) is 0.516. The van der Waals surface area contributed by atoms with Gasteiger partial charge in [-0.15, -0.1) is 10.1 Å². The molecule has 0 unspecified atom stereocenters. The Kier molecular flexibility index (Phi) is 4.76. The van der Waals surface area contributed by atoms with Crippen LogP contribution >= 0.6 is 0 Å². The van der Waals surface area contributed by atoms with Crippen molar-refractivity contribution < 1.29 is 14.7 Å². The van der Waals surface area contributed by atoms with Crippen LogP contribution in [-0.2, 0) is 6.42 Å². The highest BCUT2D eigenvalue weighted by molar-refractivity contribution is 5.96. The van der Waals surface area contributed by atoms with Gasteiger partial charge < -0.3 is 15.4 Å². The lowest BCUT2D eigenvalue weighted by Crippen LogP contribution is -2.04. The molecule has 1 heterocycles. The van der Waals surface area contributed by atoms with Crippen molar-refractivity contribution in [2.75, 3.05) is 6.54 Å². The normalized spacial score (nSPS) is 10.7. The molecule has 0 amide bonds. The van der Waals surface area contributed by atoms with Crippen molar-refractivity contribution in [2.45, 2.75) is 6.42 Å². The van der Waals surface area contributed by atoms with Crippen LogP contribution in [0.4, 0.5) is 0 Å². The Bertz CT molecular complexity index is 1120. The molecular weight excluding hydrogens is 338 g/mol. The molecule has 8 heteroatoms. The first kappa shape index (κ1) is 17.3. The van der Waals surface area contributed by atoms with Crippen molar-refractivity contribution in [1.29, 1.82) is 0 Å². The molecule has 3 N–H and O–H groups in total. The predicted molar refractivity (Wildman–Crippen MR) is 95.9 cm³/mol. The van der Waals surface area contributed by atoms with Gasteiger partial charge in [0, 0.05) is 16.8 Å². The van der Waals surface area contributed by atoms with E-state index in [0.29, 0.717) is 29.0 Å². The molecule has 0 atom stereocenters. The molecule has 1 aliphatic heterocycles. The molecule has 2 aliphatic rings. The van der Waals surface area contributed by atoms with Crippen LogP contribution in [0.5, 0.6) is 0 Å². The molecule has 2 aromatic rings. The van der Waals surface area contributed by atoms with E-state index in [2.05, 4.69) is 0 Å². The van der Waals surface area contributed by atoms with E-state index in [-0.39, 0.29) is 5.43 Å². The number of aromatic nitrogens is 1. The summed E-state index contributed by atoms with van der Waals surface area (Å²) in [7, 11) is 0. The average molecular weight is 353 g/mol. The molecule has 1 aliphatic carbocycles. The quantitative estimate of drug-likeness (QED) is 0.245. The van der Waals surface area contributed by atoms with E-state index in [1.807, 2.05) is 42.5 Å². The lowest BCUT2D eigenvalue weighted by atomic mass is 10.0. The van der Waals surface area contributed by atoms with Gasteiger partial charge in [-0.3, -0.25) is 4.79 Å². The van der Waals surface area contributed by atoms with Crippen LogP contribution < -0.4 is 11.2 Å². The minimum atomic E-state index is -1.50. The summed E-state index contributed by atoms with van der Waals surface area (Å²) < 4.78 is 5.87. The smallest absolute Gasteiger partial charge is 0.291 e. The molecule has 2 aromatic carbocycles. The minimum Gasteiger partial charge on any atom is -0.453 e. The molecular formula is C18H15N3O5. The highest BCUT2D eigenvalue weighted by Gasteiger charge is 2.15. The zero-order valence-corrected chi connectivity index (χ0v) is 13.6. The van der Waals surface area contributed by atoms with Gasteiger partial charge in [-0.2, -0.15) is 0 Å². The van der Waals surface area contributed by atoms with Crippen LogP contribution in [0.3, 0.4) is 0 Å². The molecule has 0 saturated carbocycles. The number of benzene rings is 3. The van der Waals surface area contributed by atoms with Gasteiger partial charge in [-0.05, 0) is 30.7 Å². The molecule has 0 spiro atoms. The molecule has 0 bridgehead atoms. The zero-order valence-electron chi connectivity index (χ0n) is 13.6. The zero-order chi connectivity index (χ0) is 18.7.